The van der Waals surface area contributed by atoms with Crippen LogP contribution in [0.2, 0.25) is 0 Å². The van der Waals surface area contributed by atoms with Gasteiger partial charge in [0.2, 0.25) is 0 Å². The summed E-state index contributed by atoms with van der Waals surface area (Å²) in [6.07, 6.45) is 0.359. The van der Waals surface area contributed by atoms with Crippen molar-refractivity contribution in [3.8, 4) is 0 Å². The van der Waals surface area contributed by atoms with E-state index in [1.54, 1.807) is 4.90 Å². The lowest BCUT2D eigenvalue weighted by Crippen LogP contribution is -2.51. The van der Waals surface area contributed by atoms with Gasteiger partial charge in [-0.05, 0) is 32.9 Å². The van der Waals surface area contributed by atoms with Gasteiger partial charge in [-0.1, -0.05) is 13.8 Å². The van der Waals surface area contributed by atoms with E-state index >= 15 is 0 Å². The summed E-state index contributed by atoms with van der Waals surface area (Å²) in [5.41, 5.74) is 0. The molecule has 2 amide bonds. The van der Waals surface area contributed by atoms with Gasteiger partial charge in [0.05, 0.1) is 6.10 Å². The molecule has 122 valence electrons. The average Bonchev–Trinajstić information content (AvgIpc) is 2.67. The van der Waals surface area contributed by atoms with E-state index in [1.165, 1.54) is 0 Å². The summed E-state index contributed by atoms with van der Waals surface area (Å²) < 4.78 is 0. The van der Waals surface area contributed by atoms with Gasteiger partial charge in [0.15, 0.2) is 0 Å². The Hall–Kier alpha value is -1.34. The van der Waals surface area contributed by atoms with E-state index in [1.807, 2.05) is 32.8 Å². The van der Waals surface area contributed by atoms with E-state index in [9.17, 15) is 19.8 Å². The molecule has 7 heteroatoms. The number of likely N-dealkylation sites (N-methyl/N-ethyl adjacent to an activating group) is 1. The molecule has 1 rings (SSSR count). The van der Waals surface area contributed by atoms with Crippen molar-refractivity contribution >= 4 is 12.0 Å². The second-order valence-electron chi connectivity index (χ2n) is 6.43. The maximum Gasteiger partial charge on any atom is 0.326 e. The van der Waals surface area contributed by atoms with Crippen LogP contribution in [-0.2, 0) is 4.79 Å². The third-order valence-electron chi connectivity index (χ3n) is 3.53. The summed E-state index contributed by atoms with van der Waals surface area (Å²) in [6.45, 7) is 4.72. The predicted octanol–water partition coefficient (Wildman–Crippen LogP) is 0.192. The first-order valence-electron chi connectivity index (χ1n) is 7.33. The molecular weight excluding hydrogens is 274 g/mol. The number of aliphatic hydroxyl groups is 1. The molecule has 7 nitrogen and oxygen atoms in total. The van der Waals surface area contributed by atoms with Gasteiger partial charge in [0.1, 0.15) is 6.04 Å². The van der Waals surface area contributed by atoms with Crippen LogP contribution in [0.4, 0.5) is 4.79 Å². The molecule has 0 radical (unpaired) electrons. The summed E-state index contributed by atoms with van der Waals surface area (Å²) in [5.74, 6) is -0.853. The highest BCUT2D eigenvalue weighted by atomic mass is 16.4. The van der Waals surface area contributed by atoms with Gasteiger partial charge in [-0.15, -0.1) is 0 Å². The predicted molar refractivity (Wildman–Crippen MR) is 79.1 cm³/mol. The minimum atomic E-state index is -1.03. The van der Waals surface area contributed by atoms with Gasteiger partial charge in [-0.25, -0.2) is 9.59 Å². The van der Waals surface area contributed by atoms with E-state index in [0.717, 1.165) is 0 Å². The van der Waals surface area contributed by atoms with Crippen LogP contribution in [0.1, 0.15) is 26.7 Å². The number of β-amino-alcohol motifs (C(OH)–C–C–N with tert-alkyl or cyclic N) is 1. The Morgan fingerprint density at radius 1 is 1.38 bits per heavy atom. The lowest BCUT2D eigenvalue weighted by molar-refractivity contribution is -0.139. The Balaban J connectivity index is 2.68. The smallest absolute Gasteiger partial charge is 0.326 e. The average molecular weight is 301 g/mol. The van der Waals surface area contributed by atoms with Crippen LogP contribution in [0.25, 0.3) is 0 Å². The fourth-order valence-electron chi connectivity index (χ4n) is 2.66. The van der Waals surface area contributed by atoms with E-state index in [4.69, 9.17) is 0 Å². The molecule has 1 fully saturated rings. The van der Waals surface area contributed by atoms with Crippen molar-refractivity contribution in [1.82, 2.24) is 15.1 Å². The number of urea groups is 1. The molecule has 3 N–H and O–H groups in total. The van der Waals surface area contributed by atoms with Crippen molar-refractivity contribution in [2.75, 3.05) is 27.2 Å². The molecule has 0 spiro atoms. The third kappa shape index (κ3) is 5.51. The number of aliphatic hydroxyl groups excluding tert-OH is 1. The van der Waals surface area contributed by atoms with Gasteiger partial charge in [-0.3, -0.25) is 0 Å². The highest BCUT2D eigenvalue weighted by Gasteiger charge is 2.36. The number of amides is 2. The van der Waals surface area contributed by atoms with Crippen molar-refractivity contribution < 1.29 is 19.8 Å². The minimum Gasteiger partial charge on any atom is -0.480 e. The zero-order valence-corrected chi connectivity index (χ0v) is 13.2. The number of carbonyl (C=O) groups excluding carboxylic acids is 1. The van der Waals surface area contributed by atoms with Gasteiger partial charge >= 0.3 is 12.0 Å². The summed E-state index contributed by atoms with van der Waals surface area (Å²) in [4.78, 5) is 27.0. The van der Waals surface area contributed by atoms with Gasteiger partial charge in [-0.2, -0.15) is 0 Å². The van der Waals surface area contributed by atoms with E-state index in [0.29, 0.717) is 19.4 Å². The lowest BCUT2D eigenvalue weighted by Gasteiger charge is -2.28. The van der Waals surface area contributed by atoms with E-state index < -0.39 is 24.1 Å². The first-order valence-corrected chi connectivity index (χ1v) is 7.33. The van der Waals surface area contributed by atoms with Crippen LogP contribution in [-0.4, -0.2) is 77.4 Å². The number of rotatable bonds is 6. The van der Waals surface area contributed by atoms with Gasteiger partial charge in [0, 0.05) is 19.1 Å². The Bertz CT molecular complexity index is 373. The van der Waals surface area contributed by atoms with Crippen LogP contribution >= 0.6 is 0 Å². The Morgan fingerprint density at radius 3 is 2.48 bits per heavy atom. The molecule has 1 aliphatic heterocycles. The van der Waals surface area contributed by atoms with Crippen molar-refractivity contribution in [3.63, 3.8) is 0 Å². The van der Waals surface area contributed by atoms with Crippen molar-refractivity contribution in [3.05, 3.63) is 0 Å². The van der Waals surface area contributed by atoms with E-state index in [2.05, 4.69) is 5.32 Å². The molecule has 21 heavy (non-hydrogen) atoms. The SMILES string of the molecule is CC(C)CC(NC(=O)N1CC(O)CC1CN(C)C)C(=O)O. The lowest BCUT2D eigenvalue weighted by atomic mass is 10.0. The van der Waals surface area contributed by atoms with Crippen LogP contribution in [0.5, 0.6) is 0 Å². The topological polar surface area (TPSA) is 93.1 Å². The Morgan fingerprint density at radius 2 is 2.00 bits per heavy atom. The van der Waals surface area contributed by atoms with E-state index in [-0.39, 0.29) is 18.5 Å². The molecule has 1 heterocycles. The summed E-state index contributed by atoms with van der Waals surface area (Å²) in [5, 5.41) is 21.5. The largest absolute Gasteiger partial charge is 0.480 e. The van der Waals surface area contributed by atoms with Crippen molar-refractivity contribution in [1.29, 1.82) is 0 Å². The molecule has 0 bridgehead atoms. The molecule has 1 aliphatic rings. The first-order chi connectivity index (χ1) is 9.70. The van der Waals surface area contributed by atoms with Crippen LogP contribution < -0.4 is 5.32 Å². The number of hydrogen-bond acceptors (Lipinski definition) is 4. The molecule has 3 atom stereocenters. The second kappa shape index (κ2) is 7.61. The second-order valence-corrected chi connectivity index (χ2v) is 6.43. The molecular formula is C14H27N3O4. The number of carboxylic acid groups (broad SMARTS) is 1. The molecule has 0 aliphatic carbocycles. The molecule has 0 aromatic heterocycles. The number of likely N-dealkylation sites (tertiary alicyclic amines) is 1. The zero-order chi connectivity index (χ0) is 16.2. The quantitative estimate of drug-likeness (QED) is 0.651. The number of nitrogens with zero attached hydrogens (tertiary/aromatic N) is 2. The van der Waals surface area contributed by atoms with Crippen LogP contribution in [0, 0.1) is 5.92 Å². The monoisotopic (exact) mass is 301 g/mol. The molecule has 0 aromatic carbocycles. The number of hydrogen-bond donors (Lipinski definition) is 3. The molecule has 0 saturated carbocycles. The summed E-state index contributed by atoms with van der Waals surface area (Å²) >= 11 is 0. The van der Waals surface area contributed by atoms with Crippen LogP contribution in [0.3, 0.4) is 0 Å². The van der Waals surface area contributed by atoms with Gasteiger partial charge in [0.25, 0.3) is 0 Å². The highest BCUT2D eigenvalue weighted by molar-refractivity contribution is 5.83. The Kier molecular flexibility index (Phi) is 6.42. The Labute approximate surface area is 125 Å². The number of carbonyl (C=O) groups is 2. The summed E-state index contributed by atoms with van der Waals surface area (Å²) in [6, 6.07) is -1.40. The standard InChI is InChI=1S/C14H27N3O4/c1-9(2)5-12(13(19)20)15-14(21)17-8-11(18)6-10(17)7-16(3)4/h9-12,18H,5-8H2,1-4H3,(H,15,21)(H,19,20). The maximum absolute atomic E-state index is 12.3. The number of carboxylic acids is 1. The third-order valence-corrected chi connectivity index (χ3v) is 3.53. The number of aliphatic carboxylic acids is 1. The number of nitrogens with one attached hydrogen (secondary N) is 1. The van der Waals surface area contributed by atoms with Crippen LogP contribution in [0.15, 0.2) is 0 Å². The minimum absolute atomic E-state index is 0.0940. The molecule has 1 saturated heterocycles. The van der Waals surface area contributed by atoms with Crippen molar-refractivity contribution in [2.45, 2.75) is 44.9 Å². The zero-order valence-electron chi connectivity index (χ0n) is 13.2. The fourth-order valence-corrected chi connectivity index (χ4v) is 2.66. The highest BCUT2D eigenvalue weighted by Crippen LogP contribution is 2.19. The van der Waals surface area contributed by atoms with Crippen molar-refractivity contribution in [2.24, 2.45) is 5.92 Å². The fraction of sp³-hybridized carbons (Fsp3) is 0.857. The molecule has 3 unspecified atom stereocenters. The molecule has 0 aromatic rings. The maximum atomic E-state index is 12.3. The first kappa shape index (κ1) is 17.7. The summed E-state index contributed by atoms with van der Waals surface area (Å²) in [7, 11) is 3.80. The normalized spacial score (nSPS) is 23.7. The van der Waals surface area contributed by atoms with Gasteiger partial charge < -0.3 is 25.3 Å².